The van der Waals surface area contributed by atoms with Crippen LogP contribution >= 0.6 is 0 Å². The number of allylic oxidation sites excluding steroid dienone is 2. The first-order valence-corrected chi connectivity index (χ1v) is 15.8. The van der Waals surface area contributed by atoms with Crippen molar-refractivity contribution in [2.45, 2.75) is 63.7 Å². The highest BCUT2D eigenvalue weighted by Crippen LogP contribution is 2.20. The maximum Gasteiger partial charge on any atom is 0.306 e. The fraction of sp³-hybridized carbons (Fsp3) is 0.342. The Kier molecular flexibility index (Phi) is 15.8. The molecule has 3 atom stereocenters. The van der Waals surface area contributed by atoms with Crippen LogP contribution in [0.5, 0.6) is 5.75 Å². The van der Waals surface area contributed by atoms with Gasteiger partial charge in [0.2, 0.25) is 11.8 Å². The number of rotatable bonds is 21. The average molecular weight is 627 g/mol. The third kappa shape index (κ3) is 13.1. The highest BCUT2D eigenvalue weighted by Gasteiger charge is 2.24. The molecule has 2 amide bonds. The minimum absolute atomic E-state index is 0.0703. The molecule has 244 valence electrons. The van der Waals surface area contributed by atoms with E-state index in [2.05, 4.69) is 23.8 Å². The van der Waals surface area contributed by atoms with Crippen molar-refractivity contribution < 1.29 is 29.0 Å². The van der Waals surface area contributed by atoms with E-state index in [-0.39, 0.29) is 50.2 Å². The monoisotopic (exact) mass is 626 g/mol. The largest absolute Gasteiger partial charge is 0.489 e. The summed E-state index contributed by atoms with van der Waals surface area (Å²) < 4.78 is 11.6. The zero-order valence-corrected chi connectivity index (χ0v) is 26.4. The molecule has 0 saturated heterocycles. The molecule has 3 N–H and O–H groups in total. The Balaban J connectivity index is 1.51. The Morgan fingerprint density at radius 2 is 1.54 bits per heavy atom. The van der Waals surface area contributed by atoms with E-state index in [1.54, 1.807) is 6.08 Å². The molecule has 8 nitrogen and oxygen atoms in total. The predicted molar refractivity (Wildman–Crippen MR) is 180 cm³/mol. The second-order valence-corrected chi connectivity index (χ2v) is 11.2. The van der Waals surface area contributed by atoms with Crippen LogP contribution in [-0.4, -0.2) is 42.1 Å². The summed E-state index contributed by atoms with van der Waals surface area (Å²) in [6.45, 7) is 7.72. The molecule has 3 rings (SSSR count). The Hall–Kier alpha value is -4.69. The Morgan fingerprint density at radius 3 is 2.20 bits per heavy atom. The molecule has 46 heavy (non-hydrogen) atoms. The summed E-state index contributed by atoms with van der Waals surface area (Å²) in [5, 5.41) is 15.7. The third-order valence-corrected chi connectivity index (χ3v) is 7.44. The number of nitrogens with one attached hydrogen (secondary N) is 2. The molecule has 0 aromatic heterocycles. The highest BCUT2D eigenvalue weighted by molar-refractivity contribution is 5.86. The summed E-state index contributed by atoms with van der Waals surface area (Å²) in [4.78, 5) is 38.7. The molecule has 0 aliphatic carbocycles. The quantitative estimate of drug-likeness (QED) is 0.0758. The van der Waals surface area contributed by atoms with Crippen molar-refractivity contribution in [3.63, 3.8) is 0 Å². The van der Waals surface area contributed by atoms with Crippen LogP contribution in [0.1, 0.15) is 61.3 Å². The van der Waals surface area contributed by atoms with Crippen molar-refractivity contribution in [3.8, 4) is 5.75 Å². The van der Waals surface area contributed by atoms with E-state index in [9.17, 15) is 19.5 Å². The summed E-state index contributed by atoms with van der Waals surface area (Å²) >= 11 is 0. The van der Waals surface area contributed by atoms with Gasteiger partial charge in [0.05, 0.1) is 25.1 Å². The maximum atomic E-state index is 13.2. The third-order valence-electron chi connectivity index (χ3n) is 7.44. The van der Waals surface area contributed by atoms with Gasteiger partial charge in [0, 0.05) is 12.8 Å². The van der Waals surface area contributed by atoms with E-state index in [1.807, 2.05) is 91.0 Å². The van der Waals surface area contributed by atoms with Gasteiger partial charge in [-0.05, 0) is 60.9 Å². The van der Waals surface area contributed by atoms with Gasteiger partial charge < -0.3 is 25.2 Å². The van der Waals surface area contributed by atoms with Crippen LogP contribution in [0, 0.1) is 5.92 Å². The molecular formula is C38H46N2O6. The zero-order valence-electron chi connectivity index (χ0n) is 26.4. The summed E-state index contributed by atoms with van der Waals surface area (Å²) in [6, 6.07) is 26.1. The minimum atomic E-state index is -0.677. The van der Waals surface area contributed by atoms with Crippen LogP contribution in [0.15, 0.2) is 110 Å². The van der Waals surface area contributed by atoms with Gasteiger partial charge in [0.25, 0.3) is 0 Å². The van der Waals surface area contributed by atoms with Gasteiger partial charge in [0.15, 0.2) is 0 Å². The molecule has 0 fully saturated rings. The molecule has 0 bridgehead atoms. The first-order valence-electron chi connectivity index (χ1n) is 15.8. The van der Waals surface area contributed by atoms with Crippen molar-refractivity contribution in [2.75, 3.05) is 13.2 Å². The van der Waals surface area contributed by atoms with Gasteiger partial charge in [0.1, 0.15) is 18.5 Å². The standard InChI is InChI=1S/C38H46N2O6/c1-3-5-6-13-19-37(43)46-35(31-17-11-8-12-18-31)26-39-38(44)32(14-4-2)25-36(42)40-33(27-41)24-29-20-22-34(23-21-29)45-28-30-15-9-7-10-16-30/h3-4,7-12,15-18,20-23,32-33,35,41H,1-2,5-6,13-14,19,24-28H2,(H,39,44)(H,40,42). The van der Waals surface area contributed by atoms with E-state index in [0.29, 0.717) is 19.4 Å². The Morgan fingerprint density at radius 1 is 0.848 bits per heavy atom. The number of hydrogen-bond acceptors (Lipinski definition) is 6. The smallest absolute Gasteiger partial charge is 0.306 e. The number of aliphatic hydroxyl groups is 1. The van der Waals surface area contributed by atoms with Crippen molar-refractivity contribution >= 4 is 17.8 Å². The van der Waals surface area contributed by atoms with E-state index in [4.69, 9.17) is 9.47 Å². The number of carbonyl (C=O) groups is 3. The molecule has 3 unspecified atom stereocenters. The van der Waals surface area contributed by atoms with Gasteiger partial charge in [-0.2, -0.15) is 0 Å². The number of benzene rings is 3. The van der Waals surface area contributed by atoms with E-state index in [0.717, 1.165) is 35.3 Å². The van der Waals surface area contributed by atoms with Gasteiger partial charge >= 0.3 is 5.97 Å². The number of carbonyl (C=O) groups excluding carboxylic acids is 3. The molecule has 0 heterocycles. The van der Waals surface area contributed by atoms with Gasteiger partial charge in [-0.1, -0.05) is 84.9 Å². The molecule has 0 aliphatic rings. The number of unbranched alkanes of at least 4 members (excludes halogenated alkanes) is 2. The van der Waals surface area contributed by atoms with Crippen LogP contribution in [-0.2, 0) is 32.1 Å². The molecule has 8 heteroatoms. The summed E-state index contributed by atoms with van der Waals surface area (Å²) in [5.41, 5.74) is 2.76. The lowest BCUT2D eigenvalue weighted by Crippen LogP contribution is -2.42. The summed E-state index contributed by atoms with van der Waals surface area (Å²) in [6.07, 6.45) is 6.03. The van der Waals surface area contributed by atoms with Crippen molar-refractivity contribution in [1.29, 1.82) is 0 Å². The molecule has 0 aliphatic heterocycles. The predicted octanol–water partition coefficient (Wildman–Crippen LogP) is 6.01. The fourth-order valence-corrected chi connectivity index (χ4v) is 4.91. The van der Waals surface area contributed by atoms with Crippen LogP contribution < -0.4 is 15.4 Å². The number of esters is 1. The molecular weight excluding hydrogens is 580 g/mol. The number of aliphatic hydroxyl groups excluding tert-OH is 1. The van der Waals surface area contributed by atoms with Crippen molar-refractivity contribution in [2.24, 2.45) is 5.92 Å². The minimum Gasteiger partial charge on any atom is -0.489 e. The van der Waals surface area contributed by atoms with Crippen LogP contribution in [0.4, 0.5) is 0 Å². The molecule has 0 radical (unpaired) electrons. The fourth-order valence-electron chi connectivity index (χ4n) is 4.91. The first kappa shape index (κ1) is 35.8. The van der Waals surface area contributed by atoms with Crippen LogP contribution in [0.2, 0.25) is 0 Å². The molecule has 0 spiro atoms. The Labute approximate surface area is 272 Å². The maximum absolute atomic E-state index is 13.2. The van der Waals surface area contributed by atoms with Gasteiger partial charge in [-0.15, -0.1) is 13.2 Å². The van der Waals surface area contributed by atoms with E-state index >= 15 is 0 Å². The second-order valence-electron chi connectivity index (χ2n) is 11.2. The lowest BCUT2D eigenvalue weighted by Gasteiger charge is -2.22. The van der Waals surface area contributed by atoms with Crippen LogP contribution in [0.3, 0.4) is 0 Å². The lowest BCUT2D eigenvalue weighted by atomic mass is 9.98. The van der Waals surface area contributed by atoms with Crippen LogP contribution in [0.25, 0.3) is 0 Å². The highest BCUT2D eigenvalue weighted by atomic mass is 16.5. The molecule has 0 saturated carbocycles. The van der Waals surface area contributed by atoms with Gasteiger partial charge in [-0.25, -0.2) is 0 Å². The van der Waals surface area contributed by atoms with E-state index in [1.165, 1.54) is 0 Å². The second kappa shape index (κ2) is 20.4. The normalized spacial score (nSPS) is 12.6. The van der Waals surface area contributed by atoms with Crippen molar-refractivity contribution in [3.05, 3.63) is 127 Å². The number of amides is 2. The number of ether oxygens (including phenoxy) is 2. The molecule has 3 aromatic carbocycles. The summed E-state index contributed by atoms with van der Waals surface area (Å²) in [5.74, 6) is -0.982. The average Bonchev–Trinajstić information content (AvgIpc) is 3.08. The summed E-state index contributed by atoms with van der Waals surface area (Å²) in [7, 11) is 0. The van der Waals surface area contributed by atoms with Gasteiger partial charge in [-0.3, -0.25) is 14.4 Å². The Bertz CT molecular complexity index is 1360. The SMILES string of the molecule is C=CCCCCC(=O)OC(CNC(=O)C(CC=C)CC(=O)NC(CO)Cc1ccc(OCc2ccccc2)cc1)c1ccccc1. The lowest BCUT2D eigenvalue weighted by molar-refractivity contribution is -0.150. The number of hydrogen-bond donors (Lipinski definition) is 3. The van der Waals surface area contributed by atoms with E-state index < -0.39 is 18.1 Å². The molecule has 3 aromatic rings. The topological polar surface area (TPSA) is 114 Å². The zero-order chi connectivity index (χ0) is 33.0. The first-order chi connectivity index (χ1) is 22.4. The van der Waals surface area contributed by atoms with Crippen molar-refractivity contribution in [1.82, 2.24) is 10.6 Å².